The van der Waals surface area contributed by atoms with Gasteiger partial charge in [-0.3, -0.25) is 10.1 Å². The van der Waals surface area contributed by atoms with Crippen molar-refractivity contribution >= 4 is 21.7 Å². The van der Waals surface area contributed by atoms with Crippen molar-refractivity contribution < 1.29 is 13.2 Å². The number of carbonyl (C=O) groups excluding carboxylic acids is 1. The molecule has 1 saturated heterocycles. The van der Waals surface area contributed by atoms with E-state index in [2.05, 4.69) is 20.6 Å². The van der Waals surface area contributed by atoms with Crippen molar-refractivity contribution in [3.8, 4) is 0 Å². The van der Waals surface area contributed by atoms with Gasteiger partial charge in [0.25, 0.3) is 0 Å². The molecule has 1 aliphatic rings. The van der Waals surface area contributed by atoms with Crippen molar-refractivity contribution in [1.82, 2.24) is 15.3 Å². The number of aromatic nitrogens is 2. The molecular weight excluding hydrogens is 244 g/mol. The molecule has 2 rings (SSSR count). The first-order valence-corrected chi connectivity index (χ1v) is 7.10. The number of carbonyl (C=O) groups is 1. The van der Waals surface area contributed by atoms with Crippen LogP contribution in [0.4, 0.5) is 5.95 Å². The number of H-pyrrole nitrogens is 1. The van der Waals surface area contributed by atoms with Crippen molar-refractivity contribution in [3.63, 3.8) is 0 Å². The molecule has 8 heteroatoms. The molecule has 0 spiro atoms. The highest BCUT2D eigenvalue weighted by Gasteiger charge is 2.26. The summed E-state index contributed by atoms with van der Waals surface area (Å²) >= 11 is 0. The fraction of sp³-hybridized carbons (Fsp3) is 0.556. The highest BCUT2D eigenvalue weighted by atomic mass is 32.2. The minimum absolute atomic E-state index is 0.0125. The van der Waals surface area contributed by atoms with E-state index < -0.39 is 9.84 Å². The predicted octanol–water partition coefficient (Wildman–Crippen LogP) is -0.875. The van der Waals surface area contributed by atoms with Crippen LogP contribution in [-0.2, 0) is 14.6 Å². The Balaban J connectivity index is 1.86. The molecule has 2 heterocycles. The first-order chi connectivity index (χ1) is 8.05. The van der Waals surface area contributed by atoms with Gasteiger partial charge in [0.05, 0.1) is 11.5 Å². The van der Waals surface area contributed by atoms with E-state index in [4.69, 9.17) is 0 Å². The summed E-state index contributed by atoms with van der Waals surface area (Å²) in [6.07, 6.45) is 3.25. The third kappa shape index (κ3) is 3.53. The Labute approximate surface area is 98.9 Å². The molecule has 1 aromatic heterocycles. The molecule has 7 nitrogen and oxygen atoms in total. The maximum absolute atomic E-state index is 11.6. The van der Waals surface area contributed by atoms with E-state index in [0.29, 0.717) is 12.5 Å². The first-order valence-electron chi connectivity index (χ1n) is 5.28. The fourth-order valence-corrected chi connectivity index (χ4v) is 3.18. The summed E-state index contributed by atoms with van der Waals surface area (Å²) in [5, 5.41) is 5.57. The normalized spacial score (nSPS) is 23.2. The van der Waals surface area contributed by atoms with Crippen LogP contribution in [-0.4, -0.2) is 48.4 Å². The second-order valence-corrected chi connectivity index (χ2v) is 6.18. The zero-order valence-corrected chi connectivity index (χ0v) is 9.96. The van der Waals surface area contributed by atoms with Gasteiger partial charge in [0.15, 0.2) is 9.84 Å². The Kier molecular flexibility index (Phi) is 3.43. The van der Waals surface area contributed by atoms with Gasteiger partial charge in [-0.15, -0.1) is 0 Å². The maximum atomic E-state index is 11.6. The molecule has 1 fully saturated rings. The third-order valence-electron chi connectivity index (χ3n) is 2.49. The highest BCUT2D eigenvalue weighted by molar-refractivity contribution is 7.91. The minimum Gasteiger partial charge on any atom is -0.331 e. The number of amides is 1. The molecule has 0 bridgehead atoms. The molecule has 94 valence electrons. The lowest BCUT2D eigenvalue weighted by Crippen LogP contribution is -2.46. The van der Waals surface area contributed by atoms with E-state index >= 15 is 0 Å². The van der Waals surface area contributed by atoms with Gasteiger partial charge in [0.2, 0.25) is 11.9 Å². The number of anilines is 1. The fourth-order valence-electron chi connectivity index (χ4n) is 1.74. The second kappa shape index (κ2) is 4.84. The number of imidazole rings is 1. The van der Waals surface area contributed by atoms with Crippen LogP contribution in [0.25, 0.3) is 0 Å². The molecule has 17 heavy (non-hydrogen) atoms. The van der Waals surface area contributed by atoms with Crippen LogP contribution in [0.2, 0.25) is 0 Å². The smallest absolute Gasteiger partial charge is 0.228 e. The van der Waals surface area contributed by atoms with Gasteiger partial charge in [0.1, 0.15) is 0 Å². The molecule has 1 atom stereocenters. The maximum Gasteiger partial charge on any atom is 0.228 e. The quantitative estimate of drug-likeness (QED) is 0.653. The molecule has 1 aliphatic heterocycles. The molecule has 1 amide bonds. The second-order valence-electron chi connectivity index (χ2n) is 3.96. The van der Waals surface area contributed by atoms with Gasteiger partial charge in [-0.1, -0.05) is 0 Å². The van der Waals surface area contributed by atoms with Crippen LogP contribution in [0.15, 0.2) is 12.4 Å². The lowest BCUT2D eigenvalue weighted by molar-refractivity contribution is -0.116. The summed E-state index contributed by atoms with van der Waals surface area (Å²) in [7, 11) is -3.01. The van der Waals surface area contributed by atoms with Gasteiger partial charge in [-0.05, 0) is 0 Å². The molecule has 0 aliphatic carbocycles. The number of hydrogen-bond acceptors (Lipinski definition) is 5. The van der Waals surface area contributed by atoms with Crippen molar-refractivity contribution in [2.24, 2.45) is 0 Å². The van der Waals surface area contributed by atoms with Crippen molar-refractivity contribution in [2.45, 2.75) is 12.5 Å². The lowest BCUT2D eigenvalue weighted by Gasteiger charge is -2.22. The van der Waals surface area contributed by atoms with E-state index in [1.54, 1.807) is 6.20 Å². The Morgan fingerprint density at radius 1 is 1.59 bits per heavy atom. The van der Waals surface area contributed by atoms with Gasteiger partial charge in [0, 0.05) is 31.4 Å². The summed E-state index contributed by atoms with van der Waals surface area (Å²) in [5.41, 5.74) is 0. The Morgan fingerprint density at radius 3 is 3.06 bits per heavy atom. The number of aromatic amines is 1. The predicted molar refractivity (Wildman–Crippen MR) is 62.3 cm³/mol. The Bertz CT molecular complexity index is 482. The zero-order valence-electron chi connectivity index (χ0n) is 9.14. The summed E-state index contributed by atoms with van der Waals surface area (Å²) in [6.45, 7) is 0.404. The lowest BCUT2D eigenvalue weighted by atomic mass is 10.2. The number of nitrogens with one attached hydrogen (secondary N) is 3. The third-order valence-corrected chi connectivity index (χ3v) is 4.23. The highest BCUT2D eigenvalue weighted by Crippen LogP contribution is 2.06. The molecule has 0 radical (unpaired) electrons. The number of rotatable bonds is 3. The van der Waals surface area contributed by atoms with Gasteiger partial charge >= 0.3 is 0 Å². The van der Waals surface area contributed by atoms with E-state index in [-0.39, 0.29) is 29.9 Å². The van der Waals surface area contributed by atoms with Crippen molar-refractivity contribution in [2.75, 3.05) is 23.4 Å². The van der Waals surface area contributed by atoms with Crippen LogP contribution < -0.4 is 10.6 Å². The van der Waals surface area contributed by atoms with Crippen molar-refractivity contribution in [3.05, 3.63) is 12.4 Å². The molecule has 1 aromatic rings. The van der Waals surface area contributed by atoms with Gasteiger partial charge < -0.3 is 10.3 Å². The topological polar surface area (TPSA) is 104 Å². The summed E-state index contributed by atoms with van der Waals surface area (Å²) in [6, 6.07) is -0.316. The largest absolute Gasteiger partial charge is 0.331 e. The van der Waals surface area contributed by atoms with Crippen molar-refractivity contribution in [1.29, 1.82) is 0 Å². The SMILES string of the molecule is O=C(CC1CS(=O)(=O)CCN1)Nc1ncc[nH]1. The average Bonchev–Trinajstić information content (AvgIpc) is 2.68. The molecular formula is C9H14N4O3S. The molecule has 0 saturated carbocycles. The van der Waals surface area contributed by atoms with Crippen LogP contribution in [0, 0.1) is 0 Å². The van der Waals surface area contributed by atoms with E-state index in [9.17, 15) is 13.2 Å². The average molecular weight is 258 g/mol. The first kappa shape index (κ1) is 12.1. The standard InChI is InChI=1S/C9H14N4O3S/c14-8(13-9-11-1-2-12-9)5-7-6-17(15,16)4-3-10-7/h1-2,7,10H,3-6H2,(H2,11,12,13,14). The van der Waals surface area contributed by atoms with E-state index in [1.807, 2.05) is 0 Å². The summed E-state index contributed by atoms with van der Waals surface area (Å²) in [4.78, 5) is 18.2. The molecule has 0 aromatic carbocycles. The number of sulfone groups is 1. The number of hydrogen-bond donors (Lipinski definition) is 3. The minimum atomic E-state index is -3.01. The molecule has 1 unspecified atom stereocenters. The van der Waals surface area contributed by atoms with Crippen LogP contribution in [0.5, 0.6) is 0 Å². The summed E-state index contributed by atoms with van der Waals surface area (Å²) in [5.74, 6) is 0.269. The Hall–Kier alpha value is -1.41. The van der Waals surface area contributed by atoms with E-state index in [0.717, 1.165) is 0 Å². The van der Waals surface area contributed by atoms with E-state index in [1.165, 1.54) is 6.20 Å². The summed E-state index contributed by atoms with van der Waals surface area (Å²) < 4.78 is 22.7. The Morgan fingerprint density at radius 2 is 2.41 bits per heavy atom. The van der Waals surface area contributed by atoms with Crippen LogP contribution >= 0.6 is 0 Å². The van der Waals surface area contributed by atoms with Gasteiger partial charge in [-0.2, -0.15) is 0 Å². The monoisotopic (exact) mass is 258 g/mol. The van der Waals surface area contributed by atoms with Gasteiger partial charge in [-0.25, -0.2) is 13.4 Å². The van der Waals surface area contributed by atoms with Crippen LogP contribution in [0.3, 0.4) is 0 Å². The molecule has 3 N–H and O–H groups in total. The zero-order chi connectivity index (χ0) is 12.3. The number of nitrogens with zero attached hydrogens (tertiary/aromatic N) is 1. The van der Waals surface area contributed by atoms with Crippen LogP contribution in [0.1, 0.15) is 6.42 Å².